The van der Waals surface area contributed by atoms with Gasteiger partial charge >= 0.3 is 0 Å². The van der Waals surface area contributed by atoms with Crippen molar-refractivity contribution in [3.8, 4) is 17.3 Å². The molecule has 1 heterocycles. The number of aromatic nitrogens is 1. The Balaban J connectivity index is 2.35. The SMILES string of the molecule is CC(C)(C#N)NC(O)c1cc(Br)nc(-c2ccc(Cl)cc2)c1. The molecule has 0 aliphatic carbocycles. The van der Waals surface area contributed by atoms with Gasteiger partial charge in [-0.25, -0.2) is 4.98 Å². The fourth-order valence-electron chi connectivity index (χ4n) is 1.90. The van der Waals surface area contributed by atoms with Crippen molar-refractivity contribution in [3.05, 3.63) is 51.6 Å². The lowest BCUT2D eigenvalue weighted by molar-refractivity contribution is 0.115. The molecule has 6 heteroatoms. The lowest BCUT2D eigenvalue weighted by Crippen LogP contribution is -2.40. The van der Waals surface area contributed by atoms with Gasteiger partial charge in [0, 0.05) is 10.6 Å². The Morgan fingerprint density at radius 1 is 1.32 bits per heavy atom. The summed E-state index contributed by atoms with van der Waals surface area (Å²) >= 11 is 9.24. The summed E-state index contributed by atoms with van der Waals surface area (Å²) in [6.45, 7) is 3.40. The fraction of sp³-hybridized carbons (Fsp3) is 0.250. The van der Waals surface area contributed by atoms with E-state index in [4.69, 9.17) is 16.9 Å². The van der Waals surface area contributed by atoms with Crippen LogP contribution in [0.3, 0.4) is 0 Å². The van der Waals surface area contributed by atoms with Crippen LogP contribution in [0.4, 0.5) is 0 Å². The van der Waals surface area contributed by atoms with Crippen LogP contribution in [0.2, 0.25) is 5.02 Å². The summed E-state index contributed by atoms with van der Waals surface area (Å²) in [6, 6.07) is 12.9. The van der Waals surface area contributed by atoms with Gasteiger partial charge in [0.25, 0.3) is 0 Å². The van der Waals surface area contributed by atoms with Crippen molar-refractivity contribution in [3.63, 3.8) is 0 Å². The summed E-state index contributed by atoms with van der Waals surface area (Å²) in [5, 5.41) is 22.9. The topological polar surface area (TPSA) is 68.9 Å². The maximum absolute atomic E-state index is 10.3. The molecule has 1 atom stereocenters. The summed E-state index contributed by atoms with van der Waals surface area (Å²) < 4.78 is 0.602. The standard InChI is InChI=1S/C16H15BrClN3O/c1-16(2,9-19)21-15(22)11-7-13(20-14(17)8-11)10-3-5-12(18)6-4-10/h3-8,15,21-22H,1-2H3. The molecule has 114 valence electrons. The van der Waals surface area contributed by atoms with Crippen LogP contribution in [0.15, 0.2) is 41.0 Å². The van der Waals surface area contributed by atoms with Crippen LogP contribution >= 0.6 is 27.5 Å². The Bertz CT molecular complexity index is 710. The first-order valence-corrected chi connectivity index (χ1v) is 7.78. The molecule has 0 aliphatic rings. The molecule has 0 aliphatic heterocycles. The zero-order chi connectivity index (χ0) is 16.3. The van der Waals surface area contributed by atoms with E-state index in [1.165, 1.54) is 0 Å². The number of rotatable bonds is 4. The first kappa shape index (κ1) is 16.9. The summed E-state index contributed by atoms with van der Waals surface area (Å²) in [4.78, 5) is 4.40. The molecule has 0 amide bonds. The molecule has 22 heavy (non-hydrogen) atoms. The predicted octanol–water partition coefficient (Wildman–Crippen LogP) is 4.05. The Morgan fingerprint density at radius 3 is 2.55 bits per heavy atom. The van der Waals surface area contributed by atoms with Crippen LogP contribution in [0.1, 0.15) is 25.6 Å². The second kappa shape index (κ2) is 6.76. The highest BCUT2D eigenvalue weighted by Crippen LogP contribution is 2.26. The number of nitrogens with zero attached hydrogens (tertiary/aromatic N) is 2. The average Bonchev–Trinajstić information content (AvgIpc) is 2.47. The van der Waals surface area contributed by atoms with E-state index < -0.39 is 11.8 Å². The average molecular weight is 381 g/mol. The van der Waals surface area contributed by atoms with E-state index in [1.807, 2.05) is 12.1 Å². The van der Waals surface area contributed by atoms with Gasteiger partial charge in [0.2, 0.25) is 0 Å². The fourth-order valence-corrected chi connectivity index (χ4v) is 2.48. The van der Waals surface area contributed by atoms with Crippen LogP contribution in [0.25, 0.3) is 11.3 Å². The van der Waals surface area contributed by atoms with Crippen LogP contribution in [0.5, 0.6) is 0 Å². The molecule has 0 radical (unpaired) electrons. The van der Waals surface area contributed by atoms with Crippen molar-refractivity contribution in [2.45, 2.75) is 25.6 Å². The first-order valence-electron chi connectivity index (χ1n) is 6.61. The molecule has 2 rings (SSSR count). The van der Waals surface area contributed by atoms with Gasteiger partial charge in [0.15, 0.2) is 0 Å². The van der Waals surface area contributed by atoms with Gasteiger partial charge < -0.3 is 5.11 Å². The zero-order valence-electron chi connectivity index (χ0n) is 12.1. The molecule has 1 aromatic heterocycles. The van der Waals surface area contributed by atoms with Gasteiger partial charge in [0.05, 0.1) is 11.8 Å². The Kier molecular flexibility index (Phi) is 5.20. The molecule has 2 N–H and O–H groups in total. The molecular weight excluding hydrogens is 366 g/mol. The second-order valence-electron chi connectivity index (χ2n) is 5.40. The normalized spacial score (nSPS) is 12.7. The van der Waals surface area contributed by atoms with E-state index in [-0.39, 0.29) is 0 Å². The Morgan fingerprint density at radius 2 is 1.95 bits per heavy atom. The lowest BCUT2D eigenvalue weighted by atomic mass is 10.1. The first-order chi connectivity index (χ1) is 10.3. The third kappa shape index (κ3) is 4.28. The van der Waals surface area contributed by atoms with E-state index >= 15 is 0 Å². The van der Waals surface area contributed by atoms with Gasteiger partial charge in [-0.2, -0.15) is 5.26 Å². The molecular formula is C16H15BrClN3O. The minimum Gasteiger partial charge on any atom is -0.374 e. The van der Waals surface area contributed by atoms with Crippen LogP contribution in [0, 0.1) is 11.3 Å². The summed E-state index contributed by atoms with van der Waals surface area (Å²) in [6.07, 6.45) is -0.972. The second-order valence-corrected chi connectivity index (χ2v) is 6.65. The maximum Gasteiger partial charge on any atom is 0.132 e. The molecule has 0 saturated carbocycles. The molecule has 0 spiro atoms. The molecule has 0 fully saturated rings. The monoisotopic (exact) mass is 379 g/mol. The van der Waals surface area contributed by atoms with E-state index in [0.29, 0.717) is 20.9 Å². The highest BCUT2D eigenvalue weighted by molar-refractivity contribution is 9.10. The molecule has 2 aromatic rings. The third-order valence-corrected chi connectivity index (χ3v) is 3.71. The number of hydrogen-bond donors (Lipinski definition) is 2. The largest absolute Gasteiger partial charge is 0.374 e. The summed E-state index contributed by atoms with van der Waals surface area (Å²) in [5.41, 5.74) is 1.38. The van der Waals surface area contributed by atoms with Gasteiger partial charge in [-0.05, 0) is 59.6 Å². The number of hydrogen-bond acceptors (Lipinski definition) is 4. The Hall–Kier alpha value is -1.45. The number of pyridine rings is 1. The smallest absolute Gasteiger partial charge is 0.132 e. The molecule has 0 bridgehead atoms. The quantitative estimate of drug-likeness (QED) is 0.620. The lowest BCUT2D eigenvalue weighted by Gasteiger charge is -2.23. The van der Waals surface area contributed by atoms with E-state index in [9.17, 15) is 5.11 Å². The Labute approximate surface area is 142 Å². The molecule has 0 saturated heterocycles. The molecule has 1 unspecified atom stereocenters. The highest BCUT2D eigenvalue weighted by atomic mass is 79.9. The molecule has 4 nitrogen and oxygen atoms in total. The van der Waals surface area contributed by atoms with E-state index in [1.54, 1.807) is 38.1 Å². The van der Waals surface area contributed by atoms with E-state index in [2.05, 4.69) is 32.3 Å². The van der Waals surface area contributed by atoms with Crippen LogP contribution in [-0.4, -0.2) is 15.6 Å². The minimum absolute atomic E-state index is 0.602. The zero-order valence-corrected chi connectivity index (χ0v) is 14.5. The minimum atomic E-state index is -0.972. The van der Waals surface area contributed by atoms with Gasteiger partial charge in [-0.1, -0.05) is 23.7 Å². The van der Waals surface area contributed by atoms with Crippen LogP contribution < -0.4 is 5.32 Å². The molecule has 1 aromatic carbocycles. The third-order valence-electron chi connectivity index (χ3n) is 3.05. The van der Waals surface area contributed by atoms with Gasteiger partial charge in [-0.3, -0.25) is 5.32 Å². The van der Waals surface area contributed by atoms with Gasteiger partial charge in [0.1, 0.15) is 16.4 Å². The maximum atomic E-state index is 10.3. The van der Waals surface area contributed by atoms with Crippen molar-refractivity contribution < 1.29 is 5.11 Å². The van der Waals surface area contributed by atoms with Crippen molar-refractivity contribution >= 4 is 27.5 Å². The summed E-state index contributed by atoms with van der Waals surface area (Å²) in [7, 11) is 0. The number of benzene rings is 1. The summed E-state index contributed by atoms with van der Waals surface area (Å²) in [5.74, 6) is 0. The van der Waals surface area contributed by atoms with Crippen molar-refractivity contribution in [1.29, 1.82) is 5.26 Å². The highest BCUT2D eigenvalue weighted by Gasteiger charge is 2.21. The van der Waals surface area contributed by atoms with Crippen molar-refractivity contribution in [1.82, 2.24) is 10.3 Å². The van der Waals surface area contributed by atoms with Gasteiger partial charge in [-0.15, -0.1) is 0 Å². The van der Waals surface area contributed by atoms with Crippen molar-refractivity contribution in [2.75, 3.05) is 0 Å². The number of nitriles is 1. The van der Waals surface area contributed by atoms with Crippen LogP contribution in [-0.2, 0) is 0 Å². The number of halogens is 2. The number of aliphatic hydroxyl groups is 1. The van der Waals surface area contributed by atoms with E-state index in [0.717, 1.165) is 5.56 Å². The predicted molar refractivity (Wildman–Crippen MR) is 90.2 cm³/mol. The number of aliphatic hydroxyl groups excluding tert-OH is 1. The van der Waals surface area contributed by atoms with Crippen molar-refractivity contribution in [2.24, 2.45) is 0 Å². The number of nitrogens with one attached hydrogen (secondary N) is 1.